The van der Waals surface area contributed by atoms with Crippen LogP contribution in [0, 0.1) is 5.82 Å². The van der Waals surface area contributed by atoms with Gasteiger partial charge in [-0.3, -0.25) is 4.68 Å². The smallest absolute Gasteiger partial charge is 0.136 e. The van der Waals surface area contributed by atoms with Crippen LogP contribution in [0.15, 0.2) is 24.4 Å². The maximum atomic E-state index is 14.3. The molecule has 1 atom stereocenters. The molecule has 2 aromatic rings. The fraction of sp³-hybridized carbons (Fsp3) is 0.400. The number of halogens is 2. The third kappa shape index (κ3) is 2.76. The van der Waals surface area contributed by atoms with E-state index < -0.39 is 11.4 Å². The summed E-state index contributed by atoms with van der Waals surface area (Å²) in [6.45, 7) is 4.05. The molecular formula is C15H18ClFN2O2. The molecule has 0 radical (unpaired) electrons. The fourth-order valence-electron chi connectivity index (χ4n) is 2.49. The highest BCUT2D eigenvalue weighted by molar-refractivity contribution is 6.31. The van der Waals surface area contributed by atoms with Crippen molar-refractivity contribution in [2.75, 3.05) is 7.11 Å². The van der Waals surface area contributed by atoms with Crippen molar-refractivity contribution in [2.24, 2.45) is 0 Å². The minimum Gasteiger partial charge on any atom is -0.496 e. The van der Waals surface area contributed by atoms with Crippen molar-refractivity contribution in [1.82, 2.24) is 9.78 Å². The summed E-state index contributed by atoms with van der Waals surface area (Å²) in [6, 6.07) is 4.40. The van der Waals surface area contributed by atoms with Gasteiger partial charge in [-0.2, -0.15) is 5.10 Å². The summed E-state index contributed by atoms with van der Waals surface area (Å²) in [6.07, 6.45) is 2.27. The van der Waals surface area contributed by atoms with Gasteiger partial charge in [0.1, 0.15) is 17.2 Å². The molecule has 6 heteroatoms. The summed E-state index contributed by atoms with van der Waals surface area (Å²) < 4.78 is 21.0. The highest BCUT2D eigenvalue weighted by Crippen LogP contribution is 2.39. The van der Waals surface area contributed by atoms with Crippen molar-refractivity contribution in [1.29, 1.82) is 0 Å². The van der Waals surface area contributed by atoms with Crippen molar-refractivity contribution < 1.29 is 14.2 Å². The van der Waals surface area contributed by atoms with Crippen molar-refractivity contribution in [3.05, 3.63) is 46.5 Å². The first-order valence-electron chi connectivity index (χ1n) is 6.70. The predicted octanol–water partition coefficient (Wildman–Crippen LogP) is 3.35. The van der Waals surface area contributed by atoms with Crippen molar-refractivity contribution >= 4 is 11.6 Å². The van der Waals surface area contributed by atoms with Crippen LogP contribution in [0.3, 0.4) is 0 Å². The van der Waals surface area contributed by atoms with Crippen LogP contribution in [0.25, 0.3) is 0 Å². The zero-order valence-corrected chi connectivity index (χ0v) is 13.0. The molecule has 0 bridgehead atoms. The van der Waals surface area contributed by atoms with Crippen LogP contribution < -0.4 is 4.74 Å². The van der Waals surface area contributed by atoms with Gasteiger partial charge >= 0.3 is 0 Å². The predicted molar refractivity (Wildman–Crippen MR) is 79.2 cm³/mol. The van der Waals surface area contributed by atoms with Crippen LogP contribution in [0.5, 0.6) is 5.75 Å². The second-order valence-electron chi connectivity index (χ2n) is 4.95. The first-order chi connectivity index (χ1) is 9.93. The number of aryl methyl sites for hydroxylation is 1. The Kier molecular flexibility index (Phi) is 4.54. The third-order valence-electron chi connectivity index (χ3n) is 3.37. The second-order valence-corrected chi connectivity index (χ2v) is 5.36. The molecule has 114 valence electrons. The van der Waals surface area contributed by atoms with Crippen LogP contribution in [0.2, 0.25) is 5.02 Å². The van der Waals surface area contributed by atoms with E-state index in [1.165, 1.54) is 32.4 Å². The molecule has 0 aliphatic rings. The maximum absolute atomic E-state index is 14.3. The first-order valence-corrected chi connectivity index (χ1v) is 7.08. The Hall–Kier alpha value is -1.59. The number of rotatable bonds is 5. The van der Waals surface area contributed by atoms with E-state index in [-0.39, 0.29) is 11.3 Å². The van der Waals surface area contributed by atoms with Crippen molar-refractivity contribution in [3.63, 3.8) is 0 Å². The van der Waals surface area contributed by atoms with E-state index in [0.717, 1.165) is 6.42 Å². The third-order valence-corrected chi connectivity index (χ3v) is 3.65. The summed E-state index contributed by atoms with van der Waals surface area (Å²) in [5, 5.41) is 15.4. The minimum atomic E-state index is -1.65. The second kappa shape index (κ2) is 6.03. The van der Waals surface area contributed by atoms with Crippen LogP contribution in [0.1, 0.15) is 31.5 Å². The Morgan fingerprint density at radius 1 is 1.48 bits per heavy atom. The van der Waals surface area contributed by atoms with Gasteiger partial charge in [0.2, 0.25) is 0 Å². The Morgan fingerprint density at radius 3 is 2.81 bits per heavy atom. The van der Waals surface area contributed by atoms with E-state index in [9.17, 15) is 9.50 Å². The highest BCUT2D eigenvalue weighted by atomic mass is 35.5. The Labute approximate surface area is 128 Å². The molecule has 21 heavy (non-hydrogen) atoms. The normalized spacial score (nSPS) is 14.0. The molecule has 0 aliphatic heterocycles. The summed E-state index contributed by atoms with van der Waals surface area (Å²) in [4.78, 5) is 0. The van der Waals surface area contributed by atoms with E-state index in [0.29, 0.717) is 17.3 Å². The quantitative estimate of drug-likeness (QED) is 0.921. The number of hydrogen-bond donors (Lipinski definition) is 1. The number of nitrogens with zero attached hydrogens (tertiary/aromatic N) is 2. The van der Waals surface area contributed by atoms with Gasteiger partial charge in [-0.1, -0.05) is 24.6 Å². The van der Waals surface area contributed by atoms with Gasteiger partial charge in [0.25, 0.3) is 0 Å². The average Bonchev–Trinajstić information content (AvgIpc) is 2.80. The summed E-state index contributed by atoms with van der Waals surface area (Å²) in [5.74, 6) is -0.292. The summed E-state index contributed by atoms with van der Waals surface area (Å²) in [7, 11) is 1.43. The number of aromatic nitrogens is 2. The number of benzene rings is 1. The van der Waals surface area contributed by atoms with Crippen molar-refractivity contribution in [3.8, 4) is 5.75 Å². The lowest BCUT2D eigenvalue weighted by molar-refractivity contribution is 0.0842. The zero-order valence-electron chi connectivity index (χ0n) is 12.2. The lowest BCUT2D eigenvalue weighted by atomic mass is 9.90. The summed E-state index contributed by atoms with van der Waals surface area (Å²) >= 11 is 6.16. The molecule has 1 aromatic carbocycles. The van der Waals surface area contributed by atoms with Gasteiger partial charge in [-0.05, 0) is 25.5 Å². The number of hydrogen-bond acceptors (Lipinski definition) is 3. The van der Waals surface area contributed by atoms with E-state index in [1.807, 2.05) is 6.92 Å². The molecule has 0 spiro atoms. The van der Waals surface area contributed by atoms with Gasteiger partial charge in [-0.25, -0.2) is 4.39 Å². The van der Waals surface area contributed by atoms with E-state index >= 15 is 0 Å². The Morgan fingerprint density at radius 2 is 2.19 bits per heavy atom. The van der Waals surface area contributed by atoms with Gasteiger partial charge in [0.15, 0.2) is 0 Å². The largest absolute Gasteiger partial charge is 0.496 e. The monoisotopic (exact) mass is 312 g/mol. The van der Waals surface area contributed by atoms with Crippen LogP contribution >= 0.6 is 11.6 Å². The van der Waals surface area contributed by atoms with Gasteiger partial charge in [0, 0.05) is 6.54 Å². The lowest BCUT2D eigenvalue weighted by Gasteiger charge is -2.27. The zero-order chi connectivity index (χ0) is 15.6. The molecule has 1 heterocycles. The molecule has 0 saturated carbocycles. The Balaban J connectivity index is 2.65. The molecule has 2 rings (SSSR count). The molecule has 0 aliphatic carbocycles. The summed E-state index contributed by atoms with van der Waals surface area (Å²) in [5.41, 5.74) is -1.25. The number of ether oxygens (including phenoxy) is 1. The van der Waals surface area contributed by atoms with Crippen LogP contribution in [-0.4, -0.2) is 22.0 Å². The van der Waals surface area contributed by atoms with Gasteiger partial charge in [0.05, 0.1) is 29.6 Å². The van der Waals surface area contributed by atoms with E-state index in [4.69, 9.17) is 16.3 Å². The average molecular weight is 313 g/mol. The van der Waals surface area contributed by atoms with Crippen LogP contribution in [0.4, 0.5) is 4.39 Å². The maximum Gasteiger partial charge on any atom is 0.136 e. The SMILES string of the molecule is CCCn1ncc(Cl)c1C(C)(O)c1c(F)cccc1OC. The van der Waals surface area contributed by atoms with E-state index in [2.05, 4.69) is 5.10 Å². The number of methoxy groups -OCH3 is 1. The molecule has 4 nitrogen and oxygen atoms in total. The Bertz CT molecular complexity index is 641. The van der Waals surface area contributed by atoms with Gasteiger partial charge in [-0.15, -0.1) is 0 Å². The molecule has 1 N–H and O–H groups in total. The molecule has 1 unspecified atom stereocenters. The van der Waals surface area contributed by atoms with Crippen LogP contribution in [-0.2, 0) is 12.1 Å². The molecular weight excluding hydrogens is 295 g/mol. The topological polar surface area (TPSA) is 47.3 Å². The van der Waals surface area contributed by atoms with Gasteiger partial charge < -0.3 is 9.84 Å². The van der Waals surface area contributed by atoms with Crippen molar-refractivity contribution in [2.45, 2.75) is 32.4 Å². The molecule has 0 saturated heterocycles. The minimum absolute atomic E-state index is 0.0484. The standard InChI is InChI=1S/C15H18ClFN2O2/c1-4-8-19-14(10(16)9-18-19)15(2,20)13-11(17)6-5-7-12(13)21-3/h5-7,9,20H,4,8H2,1-3H3. The van der Waals surface area contributed by atoms with E-state index in [1.54, 1.807) is 10.7 Å². The molecule has 0 fully saturated rings. The lowest BCUT2D eigenvalue weighted by Crippen LogP contribution is -2.29. The molecule has 0 amide bonds. The first kappa shape index (κ1) is 15.8. The molecule has 1 aromatic heterocycles. The number of aliphatic hydroxyl groups is 1. The highest BCUT2D eigenvalue weighted by Gasteiger charge is 2.37. The fourth-order valence-corrected chi connectivity index (χ4v) is 2.82.